The molecule has 0 bridgehead atoms. The number of aromatic nitrogens is 3. The van der Waals surface area contributed by atoms with Crippen LogP contribution in [0.4, 0.5) is 5.69 Å². The summed E-state index contributed by atoms with van der Waals surface area (Å²) >= 11 is 0. The molecule has 0 fully saturated rings. The molecule has 6 nitrogen and oxygen atoms in total. The Hall–Kier alpha value is -2.76. The summed E-state index contributed by atoms with van der Waals surface area (Å²) < 4.78 is 0. The van der Waals surface area contributed by atoms with Crippen LogP contribution in [0.1, 0.15) is 5.56 Å². The number of aromatic amines is 1. The summed E-state index contributed by atoms with van der Waals surface area (Å²) in [6, 6.07) is 5.30. The van der Waals surface area contributed by atoms with Crippen molar-refractivity contribution < 1.29 is 4.92 Å². The van der Waals surface area contributed by atoms with Gasteiger partial charge in [0.1, 0.15) is 11.2 Å². The summed E-state index contributed by atoms with van der Waals surface area (Å²) in [7, 11) is 0. The topological polar surface area (TPSA) is 84.7 Å². The van der Waals surface area contributed by atoms with E-state index in [1.54, 1.807) is 24.7 Å². The van der Waals surface area contributed by atoms with Gasteiger partial charge in [0.15, 0.2) is 0 Å². The molecule has 3 aromatic rings. The quantitative estimate of drug-likeness (QED) is 0.563. The van der Waals surface area contributed by atoms with Crippen LogP contribution in [-0.4, -0.2) is 19.9 Å². The van der Waals surface area contributed by atoms with Crippen molar-refractivity contribution in [1.82, 2.24) is 15.0 Å². The molecule has 0 unspecified atom stereocenters. The number of benzene rings is 1. The third-order valence-electron chi connectivity index (χ3n) is 2.89. The second kappa shape index (κ2) is 4.16. The number of nitrogens with one attached hydrogen (secondary N) is 1. The zero-order valence-corrected chi connectivity index (χ0v) is 10.1. The zero-order valence-electron chi connectivity index (χ0n) is 10.1. The second-order valence-electron chi connectivity index (χ2n) is 4.28. The predicted octanol–water partition coefficient (Wildman–Crippen LogP) is 2.84. The van der Waals surface area contributed by atoms with Crippen LogP contribution < -0.4 is 0 Å². The van der Waals surface area contributed by atoms with Gasteiger partial charge in [0.25, 0.3) is 5.69 Å². The fourth-order valence-electron chi connectivity index (χ4n) is 2.09. The van der Waals surface area contributed by atoms with Crippen LogP contribution in [0.5, 0.6) is 0 Å². The second-order valence-corrected chi connectivity index (χ2v) is 4.28. The molecule has 0 aliphatic carbocycles. The van der Waals surface area contributed by atoms with Gasteiger partial charge in [0, 0.05) is 23.8 Å². The van der Waals surface area contributed by atoms with E-state index in [1.165, 1.54) is 0 Å². The molecule has 0 atom stereocenters. The van der Waals surface area contributed by atoms with Crippen molar-refractivity contribution in [1.29, 1.82) is 0 Å². The molecule has 6 heteroatoms. The van der Waals surface area contributed by atoms with E-state index in [-0.39, 0.29) is 10.6 Å². The number of hydrogen-bond acceptors (Lipinski definition) is 4. The first kappa shape index (κ1) is 11.3. The van der Waals surface area contributed by atoms with Gasteiger partial charge < -0.3 is 4.98 Å². The molecule has 94 valence electrons. The van der Waals surface area contributed by atoms with Crippen LogP contribution >= 0.6 is 0 Å². The molecule has 3 rings (SSSR count). The van der Waals surface area contributed by atoms with Gasteiger partial charge in [-0.05, 0) is 24.6 Å². The zero-order chi connectivity index (χ0) is 13.4. The van der Waals surface area contributed by atoms with E-state index in [1.807, 2.05) is 19.1 Å². The monoisotopic (exact) mass is 254 g/mol. The molecule has 1 aromatic carbocycles. The maximum Gasteiger partial charge on any atom is 0.293 e. The van der Waals surface area contributed by atoms with Gasteiger partial charge in [-0.25, -0.2) is 0 Å². The number of H-pyrrole nitrogens is 1. The van der Waals surface area contributed by atoms with Crippen molar-refractivity contribution in [3.63, 3.8) is 0 Å². The molecule has 1 N–H and O–H groups in total. The van der Waals surface area contributed by atoms with Crippen LogP contribution in [-0.2, 0) is 0 Å². The molecule has 0 aliphatic rings. The van der Waals surface area contributed by atoms with E-state index in [9.17, 15) is 10.1 Å². The fraction of sp³-hybridized carbons (Fsp3) is 0.0769. The predicted molar refractivity (Wildman–Crippen MR) is 70.7 cm³/mol. The summed E-state index contributed by atoms with van der Waals surface area (Å²) in [5.74, 6) is 0. The van der Waals surface area contributed by atoms with E-state index in [2.05, 4.69) is 15.0 Å². The van der Waals surface area contributed by atoms with Crippen LogP contribution in [0.3, 0.4) is 0 Å². The van der Waals surface area contributed by atoms with Gasteiger partial charge in [-0.3, -0.25) is 20.1 Å². The van der Waals surface area contributed by atoms with Crippen molar-refractivity contribution in [3.8, 4) is 11.4 Å². The number of nitrogens with zero attached hydrogens (tertiary/aromatic N) is 3. The van der Waals surface area contributed by atoms with Gasteiger partial charge in [-0.2, -0.15) is 0 Å². The van der Waals surface area contributed by atoms with Crippen molar-refractivity contribution in [2.45, 2.75) is 6.92 Å². The molecule has 0 spiro atoms. The average molecular weight is 254 g/mol. The number of nitro benzene ring substituents is 1. The van der Waals surface area contributed by atoms with Crippen LogP contribution in [0, 0.1) is 17.0 Å². The molecular formula is C13H10N4O2. The first-order chi connectivity index (χ1) is 9.15. The lowest BCUT2D eigenvalue weighted by atomic mass is 10.1. The number of rotatable bonds is 2. The smallest absolute Gasteiger partial charge is 0.293 e. The van der Waals surface area contributed by atoms with E-state index < -0.39 is 0 Å². The number of fused-ring (bicyclic) bond motifs is 1. The Kier molecular flexibility index (Phi) is 2.49. The van der Waals surface area contributed by atoms with Crippen LogP contribution in [0.15, 0.2) is 36.8 Å². The van der Waals surface area contributed by atoms with Gasteiger partial charge in [-0.1, -0.05) is 0 Å². The number of non-ortho nitro benzene ring substituents is 1. The van der Waals surface area contributed by atoms with Crippen LogP contribution in [0.25, 0.3) is 22.3 Å². The SMILES string of the molecule is Cc1cc([N+](=O)[O-])c2[nH]c(-c3cnccn3)cc2c1. The lowest BCUT2D eigenvalue weighted by Crippen LogP contribution is -1.90. The third kappa shape index (κ3) is 1.93. The molecule has 0 aliphatic heterocycles. The molecule has 0 radical (unpaired) electrons. The van der Waals surface area contributed by atoms with Crippen molar-refractivity contribution >= 4 is 16.6 Å². The first-order valence-corrected chi connectivity index (χ1v) is 5.69. The highest BCUT2D eigenvalue weighted by molar-refractivity contribution is 5.92. The van der Waals surface area contributed by atoms with Crippen molar-refractivity contribution in [3.05, 3.63) is 52.5 Å². The summed E-state index contributed by atoms with van der Waals surface area (Å²) in [6.45, 7) is 1.83. The number of hydrogen-bond donors (Lipinski definition) is 1. The van der Waals surface area contributed by atoms with Gasteiger partial charge in [0.2, 0.25) is 0 Å². The minimum absolute atomic E-state index is 0.0742. The highest BCUT2D eigenvalue weighted by Gasteiger charge is 2.16. The lowest BCUT2D eigenvalue weighted by Gasteiger charge is -1.96. The fourth-order valence-corrected chi connectivity index (χ4v) is 2.09. The van der Waals surface area contributed by atoms with Gasteiger partial charge >= 0.3 is 0 Å². The maximum absolute atomic E-state index is 11.1. The standard InChI is InChI=1S/C13H10N4O2/c1-8-4-9-6-10(11-7-14-2-3-15-11)16-13(9)12(5-8)17(18)19/h2-7,16H,1H3. The maximum atomic E-state index is 11.1. The molecule has 0 amide bonds. The Labute approximate surface area is 108 Å². The minimum atomic E-state index is -0.383. The minimum Gasteiger partial charge on any atom is -0.348 e. The van der Waals surface area contributed by atoms with Crippen molar-refractivity contribution in [2.75, 3.05) is 0 Å². The summed E-state index contributed by atoms with van der Waals surface area (Å²) in [6.07, 6.45) is 4.78. The van der Waals surface area contributed by atoms with Crippen LogP contribution in [0.2, 0.25) is 0 Å². The molecular weight excluding hydrogens is 244 g/mol. The molecule has 0 saturated heterocycles. The Balaban J connectivity index is 2.26. The first-order valence-electron chi connectivity index (χ1n) is 5.69. The molecule has 0 saturated carbocycles. The number of aryl methyl sites for hydroxylation is 1. The summed E-state index contributed by atoms with van der Waals surface area (Å²) in [5.41, 5.74) is 2.81. The van der Waals surface area contributed by atoms with E-state index in [0.717, 1.165) is 16.6 Å². The highest BCUT2D eigenvalue weighted by atomic mass is 16.6. The lowest BCUT2D eigenvalue weighted by molar-refractivity contribution is -0.383. The Morgan fingerprint density at radius 2 is 2.11 bits per heavy atom. The molecule has 19 heavy (non-hydrogen) atoms. The summed E-state index contributed by atoms with van der Waals surface area (Å²) in [5, 5.41) is 11.9. The van der Waals surface area contributed by atoms with Gasteiger partial charge in [-0.15, -0.1) is 0 Å². The largest absolute Gasteiger partial charge is 0.348 e. The van der Waals surface area contributed by atoms with Crippen molar-refractivity contribution in [2.24, 2.45) is 0 Å². The third-order valence-corrected chi connectivity index (χ3v) is 2.89. The Morgan fingerprint density at radius 3 is 2.79 bits per heavy atom. The highest BCUT2D eigenvalue weighted by Crippen LogP contribution is 2.30. The molecule has 2 heterocycles. The van der Waals surface area contributed by atoms with E-state index >= 15 is 0 Å². The van der Waals surface area contributed by atoms with E-state index in [4.69, 9.17) is 0 Å². The van der Waals surface area contributed by atoms with Gasteiger partial charge in [0.05, 0.1) is 16.8 Å². The summed E-state index contributed by atoms with van der Waals surface area (Å²) in [4.78, 5) is 21.9. The normalized spacial score (nSPS) is 10.8. The average Bonchev–Trinajstić information content (AvgIpc) is 2.82. The molecule has 2 aromatic heterocycles. The Morgan fingerprint density at radius 1 is 1.26 bits per heavy atom. The number of nitro groups is 1. The Bertz CT molecular complexity index is 765. The van der Waals surface area contributed by atoms with E-state index in [0.29, 0.717) is 11.2 Å².